The third-order valence-electron chi connectivity index (χ3n) is 3.62. The van der Waals surface area contributed by atoms with Crippen LogP contribution in [-0.4, -0.2) is 41.5 Å². The highest BCUT2D eigenvalue weighted by molar-refractivity contribution is 6.34. The molecule has 114 valence electrons. The van der Waals surface area contributed by atoms with Crippen LogP contribution in [0.4, 0.5) is 4.39 Å². The van der Waals surface area contributed by atoms with Crippen LogP contribution in [0.2, 0.25) is 0 Å². The smallest absolute Gasteiger partial charge is 0.311 e. The summed E-state index contributed by atoms with van der Waals surface area (Å²) in [6, 6.07) is 5.73. The van der Waals surface area contributed by atoms with Crippen molar-refractivity contribution in [2.75, 3.05) is 19.7 Å². The van der Waals surface area contributed by atoms with Crippen LogP contribution in [0.25, 0.3) is 0 Å². The van der Waals surface area contributed by atoms with Crippen LogP contribution in [0.15, 0.2) is 24.3 Å². The lowest BCUT2D eigenvalue weighted by molar-refractivity contribution is -0.147. The average molecular weight is 294 g/mol. The summed E-state index contributed by atoms with van der Waals surface area (Å²) in [6.45, 7) is 1.17. The summed E-state index contributed by atoms with van der Waals surface area (Å²) in [5.41, 5.74) is 0.726. The molecule has 0 saturated carbocycles. The Hall–Kier alpha value is -1.95. The van der Waals surface area contributed by atoms with Crippen molar-refractivity contribution in [2.24, 2.45) is 5.92 Å². The van der Waals surface area contributed by atoms with E-state index in [4.69, 9.17) is 5.11 Å². The molecule has 0 bridgehead atoms. The zero-order valence-corrected chi connectivity index (χ0v) is 11.7. The normalized spacial score (nSPS) is 18.4. The van der Waals surface area contributed by atoms with Crippen molar-refractivity contribution in [2.45, 2.75) is 19.4 Å². The number of rotatable bonds is 3. The summed E-state index contributed by atoms with van der Waals surface area (Å²) in [5, 5.41) is 11.7. The number of likely N-dealkylation sites (tertiary alicyclic amines) is 1. The van der Waals surface area contributed by atoms with E-state index in [0.717, 1.165) is 18.4 Å². The second-order valence-corrected chi connectivity index (χ2v) is 5.25. The number of carbonyl (C=O) groups is 2. The van der Waals surface area contributed by atoms with Gasteiger partial charge in [0.05, 0.1) is 0 Å². The maximum Gasteiger partial charge on any atom is 0.311 e. The minimum absolute atomic E-state index is 0.0287. The lowest BCUT2D eigenvalue weighted by Gasteiger charge is -2.31. The largest absolute Gasteiger partial charge is 0.396 e. The van der Waals surface area contributed by atoms with Gasteiger partial charge in [-0.15, -0.1) is 0 Å². The molecule has 2 amide bonds. The van der Waals surface area contributed by atoms with Crippen LogP contribution in [-0.2, 0) is 16.1 Å². The van der Waals surface area contributed by atoms with E-state index in [1.807, 2.05) is 0 Å². The topological polar surface area (TPSA) is 69.6 Å². The predicted octanol–water partition coefficient (Wildman–Crippen LogP) is 0.673. The van der Waals surface area contributed by atoms with Crippen LogP contribution in [0.5, 0.6) is 0 Å². The van der Waals surface area contributed by atoms with E-state index in [2.05, 4.69) is 5.32 Å². The Morgan fingerprint density at radius 3 is 2.71 bits per heavy atom. The van der Waals surface area contributed by atoms with E-state index in [1.165, 1.54) is 17.0 Å². The molecule has 2 N–H and O–H groups in total. The number of nitrogens with zero attached hydrogens (tertiary/aromatic N) is 1. The first kappa shape index (κ1) is 15.4. The van der Waals surface area contributed by atoms with Crippen molar-refractivity contribution in [3.63, 3.8) is 0 Å². The van der Waals surface area contributed by atoms with Gasteiger partial charge in [-0.3, -0.25) is 9.59 Å². The highest BCUT2D eigenvalue weighted by atomic mass is 19.1. The molecule has 1 aliphatic rings. The molecular formula is C15H19FN2O3. The zero-order chi connectivity index (χ0) is 15.2. The number of nitrogens with one attached hydrogen (secondary N) is 1. The molecule has 1 aromatic carbocycles. The minimum atomic E-state index is -0.669. The Morgan fingerprint density at radius 2 is 2.05 bits per heavy atom. The second kappa shape index (κ2) is 7.17. The van der Waals surface area contributed by atoms with Gasteiger partial charge in [-0.05, 0) is 36.5 Å². The molecule has 2 rings (SSSR count). The molecule has 1 aliphatic heterocycles. The SMILES string of the molecule is O=C(NCc1ccc(F)cc1)C(=O)N1CCCC(CO)C1. The van der Waals surface area contributed by atoms with E-state index in [1.54, 1.807) is 12.1 Å². The Bertz CT molecular complexity index is 504. The van der Waals surface area contributed by atoms with Gasteiger partial charge in [0.15, 0.2) is 0 Å². The van der Waals surface area contributed by atoms with Crippen LogP contribution < -0.4 is 5.32 Å². The average Bonchev–Trinajstić information content (AvgIpc) is 2.53. The van der Waals surface area contributed by atoms with Crippen LogP contribution in [0.1, 0.15) is 18.4 Å². The fraction of sp³-hybridized carbons (Fsp3) is 0.467. The summed E-state index contributed by atoms with van der Waals surface area (Å²) in [5.74, 6) is -1.54. The summed E-state index contributed by atoms with van der Waals surface area (Å²) >= 11 is 0. The van der Waals surface area contributed by atoms with Gasteiger partial charge < -0.3 is 15.3 Å². The minimum Gasteiger partial charge on any atom is -0.396 e. The number of aliphatic hydroxyl groups excluding tert-OH is 1. The number of amides is 2. The molecule has 0 aliphatic carbocycles. The van der Waals surface area contributed by atoms with E-state index >= 15 is 0 Å². The van der Waals surface area contributed by atoms with Crippen molar-refractivity contribution in [3.05, 3.63) is 35.6 Å². The molecule has 0 aromatic heterocycles. The summed E-state index contributed by atoms with van der Waals surface area (Å²) < 4.78 is 12.8. The molecule has 1 saturated heterocycles. The van der Waals surface area contributed by atoms with Crippen LogP contribution in [0.3, 0.4) is 0 Å². The number of halogens is 1. The van der Waals surface area contributed by atoms with Crippen molar-refractivity contribution < 1.29 is 19.1 Å². The predicted molar refractivity (Wildman–Crippen MR) is 74.6 cm³/mol. The number of piperidine rings is 1. The number of hydrogen-bond acceptors (Lipinski definition) is 3. The number of carbonyl (C=O) groups excluding carboxylic acids is 2. The van der Waals surface area contributed by atoms with Crippen LogP contribution >= 0.6 is 0 Å². The first-order valence-corrected chi connectivity index (χ1v) is 7.02. The maximum atomic E-state index is 12.8. The Kier molecular flexibility index (Phi) is 5.27. The fourth-order valence-electron chi connectivity index (χ4n) is 2.40. The molecule has 1 atom stereocenters. The summed E-state index contributed by atoms with van der Waals surface area (Å²) in [4.78, 5) is 25.3. The van der Waals surface area contributed by atoms with Gasteiger partial charge in [0.2, 0.25) is 0 Å². The van der Waals surface area contributed by atoms with Crippen molar-refractivity contribution in [1.82, 2.24) is 10.2 Å². The standard InChI is InChI=1S/C15H19FN2O3/c16-13-5-3-11(4-6-13)8-17-14(20)15(21)18-7-1-2-12(9-18)10-19/h3-6,12,19H,1-2,7-10H2,(H,17,20). The van der Waals surface area contributed by atoms with E-state index in [0.29, 0.717) is 13.1 Å². The summed E-state index contributed by atoms with van der Waals surface area (Å²) in [6.07, 6.45) is 1.67. The Labute approximate surface area is 122 Å². The molecule has 0 radical (unpaired) electrons. The third-order valence-corrected chi connectivity index (χ3v) is 3.62. The molecule has 1 heterocycles. The summed E-state index contributed by atoms with van der Waals surface area (Å²) in [7, 11) is 0. The van der Waals surface area contributed by atoms with Crippen LogP contribution in [0, 0.1) is 11.7 Å². The van der Waals surface area contributed by atoms with Crippen molar-refractivity contribution >= 4 is 11.8 Å². The first-order valence-electron chi connectivity index (χ1n) is 7.02. The maximum absolute atomic E-state index is 12.8. The quantitative estimate of drug-likeness (QED) is 0.805. The number of benzene rings is 1. The van der Waals surface area contributed by atoms with Gasteiger partial charge in [-0.1, -0.05) is 12.1 Å². The molecule has 6 heteroatoms. The molecule has 5 nitrogen and oxygen atoms in total. The van der Waals surface area contributed by atoms with E-state index in [9.17, 15) is 14.0 Å². The molecule has 1 unspecified atom stereocenters. The highest BCUT2D eigenvalue weighted by Crippen LogP contribution is 2.15. The lowest BCUT2D eigenvalue weighted by Crippen LogP contribution is -2.47. The molecular weight excluding hydrogens is 275 g/mol. The zero-order valence-electron chi connectivity index (χ0n) is 11.7. The third kappa shape index (κ3) is 4.26. The van der Waals surface area contributed by atoms with Gasteiger partial charge in [-0.25, -0.2) is 4.39 Å². The Morgan fingerprint density at radius 1 is 1.33 bits per heavy atom. The lowest BCUT2D eigenvalue weighted by atomic mass is 9.99. The van der Waals surface area contributed by atoms with Gasteiger partial charge in [0.1, 0.15) is 5.82 Å². The van der Waals surface area contributed by atoms with Gasteiger partial charge in [0.25, 0.3) is 0 Å². The second-order valence-electron chi connectivity index (χ2n) is 5.25. The monoisotopic (exact) mass is 294 g/mol. The fourth-order valence-corrected chi connectivity index (χ4v) is 2.40. The van der Waals surface area contributed by atoms with Gasteiger partial charge in [0, 0.05) is 26.2 Å². The molecule has 1 aromatic rings. The van der Waals surface area contributed by atoms with Gasteiger partial charge >= 0.3 is 11.8 Å². The van der Waals surface area contributed by atoms with Gasteiger partial charge in [-0.2, -0.15) is 0 Å². The van der Waals surface area contributed by atoms with E-state index in [-0.39, 0.29) is 24.9 Å². The van der Waals surface area contributed by atoms with E-state index < -0.39 is 11.8 Å². The van der Waals surface area contributed by atoms with Crippen molar-refractivity contribution in [3.8, 4) is 0 Å². The number of hydrogen-bond donors (Lipinski definition) is 2. The molecule has 1 fully saturated rings. The Balaban J connectivity index is 1.84. The molecule has 0 spiro atoms. The highest BCUT2D eigenvalue weighted by Gasteiger charge is 2.27. The number of aliphatic hydroxyl groups is 1. The first-order chi connectivity index (χ1) is 10.1. The molecule has 21 heavy (non-hydrogen) atoms. The van der Waals surface area contributed by atoms with Crippen molar-refractivity contribution in [1.29, 1.82) is 0 Å².